The Bertz CT molecular complexity index is 1160. The number of carbonyl (C=O) groups excluding carboxylic acids is 1. The Kier molecular flexibility index (Phi) is 5.38. The summed E-state index contributed by atoms with van der Waals surface area (Å²) in [5, 5.41) is 12.8. The minimum absolute atomic E-state index is 0.0146. The van der Waals surface area contributed by atoms with E-state index in [0.29, 0.717) is 10.9 Å². The number of hydrogen-bond acceptors (Lipinski definition) is 6. The summed E-state index contributed by atoms with van der Waals surface area (Å²) >= 11 is 2.91. The summed E-state index contributed by atoms with van der Waals surface area (Å²) in [4.78, 5) is 21.9. The Morgan fingerprint density at radius 3 is 2.81 bits per heavy atom. The number of nitrogens with one attached hydrogen (secondary N) is 1. The molecule has 2 bridgehead atoms. The molecule has 31 heavy (non-hydrogen) atoms. The second kappa shape index (κ2) is 8.33. The van der Waals surface area contributed by atoms with Crippen LogP contribution in [0.4, 0.5) is 4.39 Å². The van der Waals surface area contributed by atoms with Gasteiger partial charge in [0.2, 0.25) is 0 Å². The molecule has 1 aliphatic carbocycles. The highest BCUT2D eigenvalue weighted by Gasteiger charge is 2.47. The van der Waals surface area contributed by atoms with E-state index in [2.05, 4.69) is 16.5 Å². The predicted octanol–water partition coefficient (Wildman–Crippen LogP) is 4.77. The lowest BCUT2D eigenvalue weighted by atomic mass is 10.1. The minimum Gasteiger partial charge on any atom is -0.345 e. The quantitative estimate of drug-likeness (QED) is 0.567. The molecule has 1 saturated heterocycles. The van der Waals surface area contributed by atoms with Gasteiger partial charge in [-0.2, -0.15) is 5.26 Å². The van der Waals surface area contributed by atoms with E-state index >= 15 is 0 Å². The number of fused-ring (bicyclic) bond motifs is 2. The number of nitriles is 1. The molecule has 0 spiro atoms. The molecule has 2 heterocycles. The summed E-state index contributed by atoms with van der Waals surface area (Å²) in [5.41, 5.74) is 0.991. The van der Waals surface area contributed by atoms with Crippen LogP contribution in [0, 0.1) is 23.2 Å². The van der Waals surface area contributed by atoms with Gasteiger partial charge in [-0.05, 0) is 49.1 Å². The SMILES string of the molecule is N#CN1CC2CCC1[C@@H]2NC(=O)c1ncc(-c2ccccc2Sc2ccc(F)cc2)s1. The largest absolute Gasteiger partial charge is 0.345 e. The summed E-state index contributed by atoms with van der Waals surface area (Å²) < 4.78 is 13.2. The van der Waals surface area contributed by atoms with Gasteiger partial charge in [-0.1, -0.05) is 30.0 Å². The standard InChI is InChI=1S/C23H19FN4OS2/c24-15-6-8-16(9-7-15)30-19-4-2-1-3-17(19)20-11-26-23(31-20)22(29)27-21-14-5-10-18(21)28(12-14)13-25/h1-4,6-9,11,14,18,21H,5,10,12H2,(H,27,29)/t14?,18?,21-/m1/s1. The Hall–Kier alpha value is -2.89. The van der Waals surface area contributed by atoms with Gasteiger partial charge >= 0.3 is 0 Å². The molecule has 0 radical (unpaired) electrons. The maximum absolute atomic E-state index is 13.2. The normalized spacial score (nSPS) is 21.8. The van der Waals surface area contributed by atoms with Crippen LogP contribution in [0.2, 0.25) is 0 Å². The molecule has 3 atom stereocenters. The zero-order chi connectivity index (χ0) is 21.4. The van der Waals surface area contributed by atoms with Crippen molar-refractivity contribution in [3.05, 3.63) is 65.6 Å². The molecule has 2 unspecified atom stereocenters. The van der Waals surface area contributed by atoms with E-state index in [1.165, 1.54) is 23.5 Å². The van der Waals surface area contributed by atoms with Crippen molar-refractivity contribution in [2.45, 2.75) is 34.7 Å². The van der Waals surface area contributed by atoms with Gasteiger partial charge in [-0.15, -0.1) is 11.3 Å². The van der Waals surface area contributed by atoms with Gasteiger partial charge < -0.3 is 10.2 Å². The third-order valence-corrected chi connectivity index (χ3v) is 8.02. The van der Waals surface area contributed by atoms with Gasteiger partial charge in [0.05, 0.1) is 17.0 Å². The Morgan fingerprint density at radius 2 is 2.03 bits per heavy atom. The first kappa shape index (κ1) is 20.0. The topological polar surface area (TPSA) is 69.0 Å². The highest BCUT2D eigenvalue weighted by molar-refractivity contribution is 7.99. The molecule has 1 amide bonds. The average Bonchev–Trinajstić information content (AvgIpc) is 3.51. The summed E-state index contributed by atoms with van der Waals surface area (Å²) in [6.07, 6.45) is 5.96. The summed E-state index contributed by atoms with van der Waals surface area (Å²) in [5.74, 6) is -0.105. The zero-order valence-electron chi connectivity index (χ0n) is 16.5. The van der Waals surface area contributed by atoms with Crippen molar-refractivity contribution < 1.29 is 9.18 Å². The first-order chi connectivity index (χ1) is 15.1. The molecular weight excluding hydrogens is 431 g/mol. The second-order valence-corrected chi connectivity index (χ2v) is 9.88. The lowest BCUT2D eigenvalue weighted by Gasteiger charge is -2.21. The van der Waals surface area contributed by atoms with Crippen LogP contribution in [-0.4, -0.2) is 34.4 Å². The Balaban J connectivity index is 1.34. The molecule has 1 aliphatic heterocycles. The van der Waals surface area contributed by atoms with Crippen LogP contribution in [0.1, 0.15) is 22.6 Å². The van der Waals surface area contributed by atoms with Crippen molar-refractivity contribution in [2.24, 2.45) is 5.92 Å². The van der Waals surface area contributed by atoms with E-state index in [9.17, 15) is 14.4 Å². The van der Waals surface area contributed by atoms with Gasteiger partial charge in [0.15, 0.2) is 11.2 Å². The van der Waals surface area contributed by atoms with Crippen LogP contribution in [-0.2, 0) is 0 Å². The number of amides is 1. The average molecular weight is 451 g/mol. The number of rotatable bonds is 5. The first-order valence-electron chi connectivity index (χ1n) is 10.1. The van der Waals surface area contributed by atoms with Crippen LogP contribution in [0.15, 0.2) is 64.5 Å². The van der Waals surface area contributed by atoms with E-state index in [0.717, 1.165) is 39.6 Å². The van der Waals surface area contributed by atoms with Crippen molar-refractivity contribution in [2.75, 3.05) is 6.54 Å². The first-order valence-corrected chi connectivity index (χ1v) is 11.7. The van der Waals surface area contributed by atoms with E-state index in [-0.39, 0.29) is 23.8 Å². The van der Waals surface area contributed by atoms with Gasteiger partial charge in [0.25, 0.3) is 5.91 Å². The van der Waals surface area contributed by atoms with E-state index in [1.807, 2.05) is 24.3 Å². The lowest BCUT2D eigenvalue weighted by Crippen LogP contribution is -2.42. The van der Waals surface area contributed by atoms with Crippen molar-refractivity contribution in [1.29, 1.82) is 5.26 Å². The number of hydrogen-bond donors (Lipinski definition) is 1. The van der Waals surface area contributed by atoms with Crippen molar-refractivity contribution in [3.63, 3.8) is 0 Å². The van der Waals surface area contributed by atoms with Crippen LogP contribution < -0.4 is 5.32 Å². The van der Waals surface area contributed by atoms with Crippen LogP contribution >= 0.6 is 23.1 Å². The molecule has 2 fully saturated rings. The highest BCUT2D eigenvalue weighted by Crippen LogP contribution is 2.39. The van der Waals surface area contributed by atoms with Crippen LogP contribution in [0.25, 0.3) is 10.4 Å². The van der Waals surface area contributed by atoms with Gasteiger partial charge in [-0.3, -0.25) is 4.79 Å². The molecule has 3 aromatic rings. The number of aromatic nitrogens is 1. The summed E-state index contributed by atoms with van der Waals surface area (Å²) in [7, 11) is 0. The predicted molar refractivity (Wildman–Crippen MR) is 118 cm³/mol. The third kappa shape index (κ3) is 3.91. The maximum atomic E-state index is 13.2. The lowest BCUT2D eigenvalue weighted by molar-refractivity contribution is 0.0929. The zero-order valence-corrected chi connectivity index (χ0v) is 18.1. The molecule has 2 aliphatic rings. The van der Waals surface area contributed by atoms with E-state index in [1.54, 1.807) is 35.0 Å². The van der Waals surface area contributed by atoms with Crippen LogP contribution in [0.3, 0.4) is 0 Å². The monoisotopic (exact) mass is 450 g/mol. The third-order valence-electron chi connectivity index (χ3n) is 5.91. The number of nitrogens with zero attached hydrogens (tertiary/aromatic N) is 3. The van der Waals surface area contributed by atoms with Crippen LogP contribution in [0.5, 0.6) is 0 Å². The number of carbonyl (C=O) groups is 1. The number of benzene rings is 2. The summed E-state index contributed by atoms with van der Waals surface area (Å²) in [6, 6.07) is 14.4. The molecule has 1 aromatic heterocycles. The van der Waals surface area contributed by atoms with Gasteiger partial charge in [-0.25, -0.2) is 9.37 Å². The highest BCUT2D eigenvalue weighted by atomic mass is 32.2. The number of thiazole rings is 1. The second-order valence-electron chi connectivity index (χ2n) is 7.74. The number of piperidine rings is 1. The molecular formula is C23H19FN4OS2. The molecule has 5 rings (SSSR count). The maximum Gasteiger partial charge on any atom is 0.280 e. The Morgan fingerprint density at radius 1 is 1.23 bits per heavy atom. The van der Waals surface area contributed by atoms with Crippen molar-refractivity contribution in [3.8, 4) is 16.6 Å². The van der Waals surface area contributed by atoms with E-state index in [4.69, 9.17) is 0 Å². The minimum atomic E-state index is -0.260. The number of likely N-dealkylation sites (tertiary alicyclic amines) is 1. The molecule has 5 nitrogen and oxygen atoms in total. The van der Waals surface area contributed by atoms with Gasteiger partial charge in [0.1, 0.15) is 5.82 Å². The fourth-order valence-electron chi connectivity index (χ4n) is 4.44. The Labute approximate surface area is 187 Å². The molecule has 8 heteroatoms. The fourth-order valence-corrected chi connectivity index (χ4v) is 6.32. The molecule has 1 saturated carbocycles. The molecule has 156 valence electrons. The molecule has 2 aromatic carbocycles. The smallest absolute Gasteiger partial charge is 0.280 e. The van der Waals surface area contributed by atoms with Gasteiger partial charge in [0, 0.05) is 28.1 Å². The number of halogens is 1. The fraction of sp³-hybridized carbons (Fsp3) is 0.261. The van der Waals surface area contributed by atoms with Crippen molar-refractivity contribution >= 4 is 29.0 Å². The van der Waals surface area contributed by atoms with E-state index < -0.39 is 0 Å². The van der Waals surface area contributed by atoms with Crippen molar-refractivity contribution in [1.82, 2.24) is 15.2 Å². The summed E-state index contributed by atoms with van der Waals surface area (Å²) in [6.45, 7) is 0.725. The molecule has 1 N–H and O–H groups in total.